The second kappa shape index (κ2) is 8.86. The molecule has 158 valence electrons. The third-order valence-electron chi connectivity index (χ3n) is 6.36. The number of carbonyl (C=O) groups excluding carboxylic acids is 2. The first-order chi connectivity index (χ1) is 14.6. The number of carbonyl (C=O) groups is 2. The first-order valence-corrected chi connectivity index (χ1v) is 10.9. The fourth-order valence-electron chi connectivity index (χ4n) is 4.68. The van der Waals surface area contributed by atoms with Crippen LogP contribution in [0.5, 0.6) is 0 Å². The van der Waals surface area contributed by atoms with Crippen LogP contribution in [0.15, 0.2) is 48.8 Å². The Kier molecular flexibility index (Phi) is 6.02. The van der Waals surface area contributed by atoms with Crippen molar-refractivity contribution in [2.24, 2.45) is 5.41 Å². The van der Waals surface area contributed by atoms with Crippen molar-refractivity contribution in [3.05, 3.63) is 59.9 Å². The van der Waals surface area contributed by atoms with Crippen molar-refractivity contribution in [3.63, 3.8) is 0 Å². The molecule has 6 heteroatoms. The first-order valence-electron chi connectivity index (χ1n) is 10.9. The molecule has 2 fully saturated rings. The highest BCUT2D eigenvalue weighted by Crippen LogP contribution is 2.41. The molecule has 0 bridgehead atoms. The molecular weight excluding hydrogens is 376 g/mol. The molecule has 1 aromatic heterocycles. The molecule has 1 spiro atoms. The van der Waals surface area contributed by atoms with E-state index in [1.807, 2.05) is 34.1 Å². The number of nitrogens with one attached hydrogen (secondary N) is 1. The average Bonchev–Trinajstić information content (AvgIpc) is 3.34. The van der Waals surface area contributed by atoms with E-state index in [1.54, 1.807) is 12.4 Å². The van der Waals surface area contributed by atoms with Crippen molar-refractivity contribution in [2.75, 3.05) is 38.0 Å². The third kappa shape index (κ3) is 4.04. The maximum Gasteiger partial charge on any atom is 0.257 e. The Balaban J connectivity index is 1.41. The predicted octanol–water partition coefficient (Wildman–Crippen LogP) is 3.21. The molecule has 2 aliphatic rings. The number of amides is 2. The van der Waals surface area contributed by atoms with E-state index in [-0.39, 0.29) is 17.2 Å². The largest absolute Gasteiger partial charge is 0.384 e. The predicted molar refractivity (Wildman–Crippen MR) is 117 cm³/mol. The van der Waals surface area contributed by atoms with Gasteiger partial charge < -0.3 is 15.1 Å². The zero-order valence-electron chi connectivity index (χ0n) is 17.6. The van der Waals surface area contributed by atoms with Crippen LogP contribution in [0.1, 0.15) is 42.1 Å². The topological polar surface area (TPSA) is 65.5 Å². The van der Waals surface area contributed by atoms with Crippen molar-refractivity contribution in [2.45, 2.75) is 32.6 Å². The van der Waals surface area contributed by atoms with Gasteiger partial charge in [-0.25, -0.2) is 0 Å². The maximum absolute atomic E-state index is 13.3. The summed E-state index contributed by atoms with van der Waals surface area (Å²) in [6.45, 7) is 5.60. The molecule has 3 heterocycles. The standard InChI is InChI=1S/C24H30N4O2/c1-2-14-27-15-10-24(23(27)30)11-16-28(18-24)22(29)20-17-25-12-9-21(20)26-13-8-19-6-4-3-5-7-19/h3-7,9,12,17H,2,8,10-11,13-16,18H2,1H3,(H,25,26). The van der Waals surface area contributed by atoms with Crippen molar-refractivity contribution < 1.29 is 9.59 Å². The summed E-state index contributed by atoms with van der Waals surface area (Å²) in [5, 5.41) is 3.40. The van der Waals surface area contributed by atoms with Crippen LogP contribution in [0.25, 0.3) is 0 Å². The number of rotatable bonds is 7. The van der Waals surface area contributed by atoms with Crippen LogP contribution in [0.2, 0.25) is 0 Å². The van der Waals surface area contributed by atoms with Gasteiger partial charge in [-0.2, -0.15) is 0 Å². The highest BCUT2D eigenvalue weighted by molar-refractivity contribution is 6.00. The molecule has 0 aliphatic carbocycles. The van der Waals surface area contributed by atoms with Gasteiger partial charge in [0.15, 0.2) is 0 Å². The fourth-order valence-corrected chi connectivity index (χ4v) is 4.68. The van der Waals surface area contributed by atoms with Gasteiger partial charge in [-0.3, -0.25) is 14.6 Å². The molecule has 1 unspecified atom stereocenters. The number of hydrogen-bond donors (Lipinski definition) is 1. The number of hydrogen-bond acceptors (Lipinski definition) is 4. The molecule has 2 aliphatic heterocycles. The summed E-state index contributed by atoms with van der Waals surface area (Å²) in [4.78, 5) is 34.2. The molecule has 0 radical (unpaired) electrons. The lowest BCUT2D eigenvalue weighted by molar-refractivity contribution is -0.135. The zero-order valence-corrected chi connectivity index (χ0v) is 17.6. The quantitative estimate of drug-likeness (QED) is 0.767. The van der Waals surface area contributed by atoms with Crippen molar-refractivity contribution in [1.29, 1.82) is 0 Å². The zero-order chi connectivity index (χ0) is 21.0. The first kappa shape index (κ1) is 20.4. The van der Waals surface area contributed by atoms with E-state index in [1.165, 1.54) is 5.56 Å². The van der Waals surface area contributed by atoms with Gasteiger partial charge in [0, 0.05) is 45.1 Å². The highest BCUT2D eigenvalue weighted by atomic mass is 16.2. The Morgan fingerprint density at radius 3 is 2.77 bits per heavy atom. The Morgan fingerprint density at radius 1 is 1.17 bits per heavy atom. The Morgan fingerprint density at radius 2 is 1.97 bits per heavy atom. The van der Waals surface area contributed by atoms with Gasteiger partial charge >= 0.3 is 0 Å². The summed E-state index contributed by atoms with van der Waals surface area (Å²) in [5.74, 6) is 0.191. The Bertz CT molecular complexity index is 901. The molecule has 2 amide bonds. The number of anilines is 1. The minimum Gasteiger partial charge on any atom is -0.384 e. The molecule has 4 rings (SSSR count). The maximum atomic E-state index is 13.3. The number of likely N-dealkylation sites (tertiary alicyclic amines) is 2. The number of aromatic nitrogens is 1. The van der Waals surface area contributed by atoms with Gasteiger partial charge in [-0.1, -0.05) is 37.3 Å². The normalized spacial score (nSPS) is 20.9. The molecule has 6 nitrogen and oxygen atoms in total. The lowest BCUT2D eigenvalue weighted by atomic mass is 9.85. The van der Waals surface area contributed by atoms with Crippen molar-refractivity contribution >= 4 is 17.5 Å². The SMILES string of the molecule is CCCN1CCC2(CCN(C(=O)c3cnccc3NCCc3ccccc3)C2)C1=O. The van der Waals surface area contributed by atoms with E-state index in [0.717, 1.165) is 51.0 Å². The fraction of sp³-hybridized carbons (Fsp3) is 0.458. The third-order valence-corrected chi connectivity index (χ3v) is 6.36. The second-order valence-corrected chi connectivity index (χ2v) is 8.38. The van der Waals surface area contributed by atoms with Gasteiger partial charge in [0.05, 0.1) is 16.7 Å². The number of pyridine rings is 1. The summed E-state index contributed by atoms with van der Waals surface area (Å²) in [7, 11) is 0. The van der Waals surface area contributed by atoms with Gasteiger partial charge in [0.25, 0.3) is 5.91 Å². The van der Waals surface area contributed by atoms with Gasteiger partial charge in [-0.15, -0.1) is 0 Å². The molecule has 1 N–H and O–H groups in total. The van der Waals surface area contributed by atoms with E-state index in [9.17, 15) is 9.59 Å². The van der Waals surface area contributed by atoms with Crippen LogP contribution in [-0.2, 0) is 11.2 Å². The molecule has 0 saturated carbocycles. The lowest BCUT2D eigenvalue weighted by Gasteiger charge is -2.24. The molecule has 2 saturated heterocycles. The molecule has 1 atom stereocenters. The van der Waals surface area contributed by atoms with E-state index >= 15 is 0 Å². The van der Waals surface area contributed by atoms with Crippen LogP contribution >= 0.6 is 0 Å². The minimum atomic E-state index is -0.381. The molecule has 1 aromatic carbocycles. The van der Waals surface area contributed by atoms with E-state index in [2.05, 4.69) is 29.4 Å². The van der Waals surface area contributed by atoms with Crippen molar-refractivity contribution in [3.8, 4) is 0 Å². The van der Waals surface area contributed by atoms with Crippen LogP contribution in [0.3, 0.4) is 0 Å². The summed E-state index contributed by atoms with van der Waals surface area (Å²) in [6.07, 6.45) is 6.80. The van der Waals surface area contributed by atoms with Crippen LogP contribution in [-0.4, -0.2) is 59.3 Å². The van der Waals surface area contributed by atoms with Gasteiger partial charge in [-0.05, 0) is 37.3 Å². The highest BCUT2D eigenvalue weighted by Gasteiger charge is 2.51. The summed E-state index contributed by atoms with van der Waals surface area (Å²) >= 11 is 0. The average molecular weight is 407 g/mol. The summed E-state index contributed by atoms with van der Waals surface area (Å²) in [5.41, 5.74) is 2.26. The van der Waals surface area contributed by atoms with E-state index < -0.39 is 0 Å². The van der Waals surface area contributed by atoms with Crippen LogP contribution < -0.4 is 5.32 Å². The number of benzene rings is 1. The minimum absolute atomic E-state index is 0.0380. The summed E-state index contributed by atoms with van der Waals surface area (Å²) < 4.78 is 0. The van der Waals surface area contributed by atoms with Gasteiger partial charge in [0.2, 0.25) is 5.91 Å². The molecular formula is C24H30N4O2. The Labute approximate surface area is 178 Å². The van der Waals surface area contributed by atoms with E-state index in [4.69, 9.17) is 0 Å². The second-order valence-electron chi connectivity index (χ2n) is 8.38. The molecule has 30 heavy (non-hydrogen) atoms. The van der Waals surface area contributed by atoms with Crippen LogP contribution in [0.4, 0.5) is 5.69 Å². The Hall–Kier alpha value is -2.89. The van der Waals surface area contributed by atoms with Crippen molar-refractivity contribution in [1.82, 2.24) is 14.8 Å². The smallest absolute Gasteiger partial charge is 0.257 e. The monoisotopic (exact) mass is 406 g/mol. The van der Waals surface area contributed by atoms with Gasteiger partial charge in [0.1, 0.15) is 0 Å². The summed E-state index contributed by atoms with van der Waals surface area (Å²) in [6, 6.07) is 12.1. The van der Waals surface area contributed by atoms with E-state index in [0.29, 0.717) is 18.7 Å². The lowest BCUT2D eigenvalue weighted by Crippen LogP contribution is -2.38. The number of nitrogens with zero attached hydrogens (tertiary/aromatic N) is 3. The van der Waals surface area contributed by atoms with Crippen LogP contribution in [0, 0.1) is 5.41 Å². The molecule has 2 aromatic rings.